The van der Waals surface area contributed by atoms with Crippen LogP contribution in [0.1, 0.15) is 19.4 Å². The van der Waals surface area contributed by atoms with Gasteiger partial charge in [0.1, 0.15) is 4.99 Å². The van der Waals surface area contributed by atoms with Gasteiger partial charge in [-0.25, -0.2) is 0 Å². The molecule has 0 aliphatic rings. The molecule has 0 saturated carbocycles. The number of halogens is 1. The van der Waals surface area contributed by atoms with Crippen molar-refractivity contribution < 1.29 is 4.79 Å². The minimum atomic E-state index is -0.393. The van der Waals surface area contributed by atoms with E-state index in [2.05, 4.69) is 13.8 Å². The first-order valence-electron chi connectivity index (χ1n) is 5.94. The zero-order chi connectivity index (χ0) is 14.6. The van der Waals surface area contributed by atoms with E-state index in [-0.39, 0.29) is 6.54 Å². The number of anilines is 1. The molecule has 104 valence electrons. The highest BCUT2D eigenvalue weighted by molar-refractivity contribution is 7.80. The SMILES string of the molecule is CC(C)CN(CC(N)=O)c1ccc(C(N)=S)cc1Cl. The van der Waals surface area contributed by atoms with Crippen molar-refractivity contribution in [2.45, 2.75) is 13.8 Å². The Labute approximate surface area is 123 Å². The minimum Gasteiger partial charge on any atom is -0.389 e. The van der Waals surface area contributed by atoms with Crippen LogP contribution < -0.4 is 16.4 Å². The maximum atomic E-state index is 11.1. The molecule has 0 heterocycles. The van der Waals surface area contributed by atoms with Crippen LogP contribution in [0.25, 0.3) is 0 Å². The third-order valence-corrected chi connectivity index (χ3v) is 3.04. The first-order chi connectivity index (χ1) is 8.81. The van der Waals surface area contributed by atoms with Crippen molar-refractivity contribution in [2.24, 2.45) is 17.4 Å². The van der Waals surface area contributed by atoms with Crippen LogP contribution in [0.4, 0.5) is 5.69 Å². The molecule has 1 rings (SSSR count). The van der Waals surface area contributed by atoms with Gasteiger partial charge in [-0.05, 0) is 24.1 Å². The van der Waals surface area contributed by atoms with Gasteiger partial charge in [-0.3, -0.25) is 4.79 Å². The fourth-order valence-electron chi connectivity index (χ4n) is 1.79. The maximum absolute atomic E-state index is 11.1. The Hall–Kier alpha value is -1.33. The van der Waals surface area contributed by atoms with E-state index < -0.39 is 5.91 Å². The normalized spacial score (nSPS) is 10.5. The number of carbonyl (C=O) groups is 1. The molecular weight excluding hydrogens is 282 g/mol. The van der Waals surface area contributed by atoms with Gasteiger partial charge >= 0.3 is 0 Å². The van der Waals surface area contributed by atoms with Crippen LogP contribution in [0.3, 0.4) is 0 Å². The predicted octanol–water partition coefficient (Wildman–Crippen LogP) is 1.92. The van der Waals surface area contributed by atoms with Crippen LogP contribution in [-0.2, 0) is 4.79 Å². The fourth-order valence-corrected chi connectivity index (χ4v) is 2.22. The molecule has 0 aromatic heterocycles. The molecule has 0 unspecified atom stereocenters. The molecule has 19 heavy (non-hydrogen) atoms. The molecule has 0 spiro atoms. The van der Waals surface area contributed by atoms with Gasteiger partial charge in [-0.2, -0.15) is 0 Å². The van der Waals surface area contributed by atoms with Gasteiger partial charge in [-0.15, -0.1) is 0 Å². The summed E-state index contributed by atoms with van der Waals surface area (Å²) < 4.78 is 0. The van der Waals surface area contributed by atoms with Gasteiger partial charge in [-0.1, -0.05) is 37.7 Å². The first-order valence-corrected chi connectivity index (χ1v) is 6.72. The molecule has 0 fully saturated rings. The molecule has 0 aliphatic carbocycles. The monoisotopic (exact) mass is 299 g/mol. The van der Waals surface area contributed by atoms with Crippen molar-refractivity contribution in [2.75, 3.05) is 18.0 Å². The number of amides is 1. The summed E-state index contributed by atoms with van der Waals surface area (Å²) in [4.78, 5) is 13.3. The average Bonchev–Trinajstić information content (AvgIpc) is 2.26. The second-order valence-electron chi connectivity index (χ2n) is 4.77. The quantitative estimate of drug-likeness (QED) is 0.787. The molecule has 1 aromatic carbocycles. The van der Waals surface area contributed by atoms with E-state index >= 15 is 0 Å². The number of primary amides is 1. The summed E-state index contributed by atoms with van der Waals surface area (Å²) in [6.45, 7) is 4.94. The van der Waals surface area contributed by atoms with E-state index in [0.29, 0.717) is 28.0 Å². The van der Waals surface area contributed by atoms with Crippen LogP contribution in [0, 0.1) is 5.92 Å². The highest BCUT2D eigenvalue weighted by Crippen LogP contribution is 2.27. The van der Waals surface area contributed by atoms with Gasteiger partial charge in [0, 0.05) is 12.1 Å². The van der Waals surface area contributed by atoms with E-state index in [1.165, 1.54) is 0 Å². The molecule has 1 aromatic rings. The smallest absolute Gasteiger partial charge is 0.236 e. The van der Waals surface area contributed by atoms with Crippen LogP contribution in [-0.4, -0.2) is 24.0 Å². The predicted molar refractivity (Wildman–Crippen MR) is 83.6 cm³/mol. The number of hydrogen-bond donors (Lipinski definition) is 2. The second-order valence-corrected chi connectivity index (χ2v) is 5.62. The fraction of sp³-hybridized carbons (Fsp3) is 0.385. The van der Waals surface area contributed by atoms with E-state index in [0.717, 1.165) is 5.69 Å². The summed E-state index contributed by atoms with van der Waals surface area (Å²) in [5.74, 6) is -0.0131. The highest BCUT2D eigenvalue weighted by atomic mass is 35.5. The number of nitrogens with two attached hydrogens (primary N) is 2. The van der Waals surface area contributed by atoms with Crippen molar-refractivity contribution in [1.82, 2.24) is 0 Å². The van der Waals surface area contributed by atoms with Crippen molar-refractivity contribution in [3.63, 3.8) is 0 Å². The Morgan fingerprint density at radius 2 is 2.05 bits per heavy atom. The van der Waals surface area contributed by atoms with E-state index in [4.69, 9.17) is 35.3 Å². The Kier molecular flexibility index (Phi) is 5.57. The summed E-state index contributed by atoms with van der Waals surface area (Å²) in [5, 5.41) is 0.507. The van der Waals surface area contributed by atoms with E-state index in [1.807, 2.05) is 11.0 Å². The van der Waals surface area contributed by atoms with Gasteiger partial charge in [0.25, 0.3) is 0 Å². The highest BCUT2D eigenvalue weighted by Gasteiger charge is 2.15. The van der Waals surface area contributed by atoms with Gasteiger partial charge in [0.15, 0.2) is 0 Å². The molecule has 0 bridgehead atoms. The minimum absolute atomic E-state index is 0.129. The number of rotatable bonds is 6. The standard InChI is InChI=1S/C13H18ClN3OS/c1-8(2)6-17(7-12(15)18)11-4-3-9(13(16)19)5-10(11)14/h3-5,8H,6-7H2,1-2H3,(H2,15,18)(H2,16,19). The topological polar surface area (TPSA) is 72.3 Å². The molecule has 0 radical (unpaired) electrons. The third kappa shape index (κ3) is 4.69. The second kappa shape index (κ2) is 6.73. The molecule has 0 aliphatic heterocycles. The average molecular weight is 300 g/mol. The summed E-state index contributed by atoms with van der Waals surface area (Å²) in [7, 11) is 0. The van der Waals surface area contributed by atoms with Crippen LogP contribution in [0.5, 0.6) is 0 Å². The number of thiocarbonyl (C=S) groups is 1. The lowest BCUT2D eigenvalue weighted by atomic mass is 10.1. The van der Waals surface area contributed by atoms with Crippen molar-refractivity contribution in [3.05, 3.63) is 28.8 Å². The molecule has 0 saturated heterocycles. The molecule has 6 heteroatoms. The number of carbonyl (C=O) groups excluding carboxylic acids is 1. The number of nitrogens with zero attached hydrogens (tertiary/aromatic N) is 1. The van der Waals surface area contributed by atoms with Gasteiger partial charge in [0.2, 0.25) is 5.91 Å². The molecule has 4 N–H and O–H groups in total. The lowest BCUT2D eigenvalue weighted by Crippen LogP contribution is -2.36. The van der Waals surface area contributed by atoms with Crippen LogP contribution in [0.15, 0.2) is 18.2 Å². The Morgan fingerprint density at radius 3 is 2.47 bits per heavy atom. The lowest BCUT2D eigenvalue weighted by Gasteiger charge is -2.26. The summed E-state index contributed by atoms with van der Waals surface area (Å²) >= 11 is 11.1. The van der Waals surface area contributed by atoms with E-state index in [1.54, 1.807) is 12.1 Å². The molecule has 0 atom stereocenters. The van der Waals surface area contributed by atoms with Crippen molar-refractivity contribution >= 4 is 40.4 Å². The summed E-state index contributed by atoms with van der Waals surface area (Å²) in [6.07, 6.45) is 0. The Balaban J connectivity index is 3.07. The summed E-state index contributed by atoms with van der Waals surface area (Å²) in [5.41, 5.74) is 12.3. The largest absolute Gasteiger partial charge is 0.389 e. The lowest BCUT2D eigenvalue weighted by molar-refractivity contribution is -0.116. The van der Waals surface area contributed by atoms with Crippen molar-refractivity contribution in [3.8, 4) is 0 Å². The number of benzene rings is 1. The van der Waals surface area contributed by atoms with Gasteiger partial charge in [0.05, 0.1) is 17.3 Å². The third-order valence-electron chi connectivity index (χ3n) is 2.51. The van der Waals surface area contributed by atoms with E-state index in [9.17, 15) is 4.79 Å². The van der Waals surface area contributed by atoms with Crippen LogP contribution >= 0.6 is 23.8 Å². The zero-order valence-corrected chi connectivity index (χ0v) is 12.6. The van der Waals surface area contributed by atoms with Gasteiger partial charge < -0.3 is 16.4 Å². The van der Waals surface area contributed by atoms with Crippen molar-refractivity contribution in [1.29, 1.82) is 0 Å². The number of hydrogen-bond acceptors (Lipinski definition) is 3. The first kappa shape index (κ1) is 15.7. The van der Waals surface area contributed by atoms with Crippen LogP contribution in [0.2, 0.25) is 5.02 Å². The molecule has 1 amide bonds. The Bertz CT molecular complexity index is 491. The molecule has 4 nitrogen and oxygen atoms in total. The maximum Gasteiger partial charge on any atom is 0.236 e. The molecular formula is C13H18ClN3OS. The summed E-state index contributed by atoms with van der Waals surface area (Å²) in [6, 6.07) is 5.30. The Morgan fingerprint density at radius 1 is 1.42 bits per heavy atom. The zero-order valence-electron chi connectivity index (χ0n) is 11.0.